The van der Waals surface area contributed by atoms with Gasteiger partial charge in [-0.05, 0) is 39.9 Å². The third-order valence-electron chi connectivity index (χ3n) is 3.01. The molecule has 7 heteroatoms. The van der Waals surface area contributed by atoms with E-state index in [2.05, 4.69) is 21.2 Å². The average Bonchev–Trinajstić information content (AvgIpc) is 2.98. The molecule has 0 aliphatic heterocycles. The number of carbonyl (C=O) groups excluding carboxylic acids is 1. The first-order valence-electron chi connectivity index (χ1n) is 6.31. The maximum absolute atomic E-state index is 12.3. The van der Waals surface area contributed by atoms with Gasteiger partial charge in [-0.2, -0.15) is 0 Å². The molecule has 1 aromatic carbocycles. The van der Waals surface area contributed by atoms with Gasteiger partial charge in [0.1, 0.15) is 0 Å². The van der Waals surface area contributed by atoms with E-state index in [0.717, 1.165) is 11.3 Å². The van der Waals surface area contributed by atoms with Gasteiger partial charge in [-0.15, -0.1) is 11.3 Å². The molecular weight excluding hydrogens is 356 g/mol. The highest BCUT2D eigenvalue weighted by Gasteiger charge is 2.19. The van der Waals surface area contributed by atoms with Crippen LogP contribution >= 0.6 is 27.3 Å². The predicted molar refractivity (Wildman–Crippen MR) is 85.6 cm³/mol. The molecule has 0 bridgehead atoms. The number of non-ortho nitro benzene ring substituents is 1. The van der Waals surface area contributed by atoms with Crippen molar-refractivity contribution in [2.75, 3.05) is 0 Å². The summed E-state index contributed by atoms with van der Waals surface area (Å²) >= 11 is 4.83. The molecule has 0 spiro atoms. The van der Waals surface area contributed by atoms with Crippen molar-refractivity contribution in [2.45, 2.75) is 19.4 Å². The standard InChI is InChI=1S/C14H13BrN2O3S/c1-2-12(13-4-3-7-21-13)16-14(18)10-8-9(17(19)20)5-6-11(10)15/h3-8,12H,2H2,1H3,(H,16,18). The number of nitrogens with zero attached hydrogens (tertiary/aromatic N) is 1. The molecule has 1 atom stereocenters. The van der Waals surface area contributed by atoms with E-state index in [1.54, 1.807) is 11.3 Å². The summed E-state index contributed by atoms with van der Waals surface area (Å²) in [6, 6.07) is 7.94. The second-order valence-corrected chi connectivity index (χ2v) is 6.20. The number of benzene rings is 1. The fraction of sp³-hybridized carbons (Fsp3) is 0.214. The van der Waals surface area contributed by atoms with Gasteiger partial charge < -0.3 is 5.32 Å². The molecular formula is C14H13BrN2O3S. The van der Waals surface area contributed by atoms with E-state index in [1.165, 1.54) is 18.2 Å². The van der Waals surface area contributed by atoms with Crippen molar-refractivity contribution in [1.82, 2.24) is 5.32 Å². The average molecular weight is 369 g/mol. The molecule has 2 rings (SSSR count). The molecule has 21 heavy (non-hydrogen) atoms. The van der Waals surface area contributed by atoms with Crippen molar-refractivity contribution in [3.8, 4) is 0 Å². The number of hydrogen-bond donors (Lipinski definition) is 1. The first-order chi connectivity index (χ1) is 10.0. The Bertz CT molecular complexity index is 658. The van der Waals surface area contributed by atoms with Crippen molar-refractivity contribution in [3.63, 3.8) is 0 Å². The van der Waals surface area contributed by atoms with Crippen LogP contribution in [-0.2, 0) is 0 Å². The molecule has 1 unspecified atom stereocenters. The Morgan fingerprint density at radius 2 is 2.24 bits per heavy atom. The summed E-state index contributed by atoms with van der Waals surface area (Å²) in [5.41, 5.74) is 0.159. The predicted octanol–water partition coefficient (Wildman–Crippen LogP) is 4.30. The normalized spacial score (nSPS) is 11.9. The van der Waals surface area contributed by atoms with Crippen molar-refractivity contribution < 1.29 is 9.72 Å². The van der Waals surface area contributed by atoms with Crippen LogP contribution in [0.4, 0.5) is 5.69 Å². The summed E-state index contributed by atoms with van der Waals surface area (Å²) in [4.78, 5) is 23.7. The number of hydrogen-bond acceptors (Lipinski definition) is 4. The van der Waals surface area contributed by atoms with Crippen LogP contribution in [0.3, 0.4) is 0 Å². The van der Waals surface area contributed by atoms with Gasteiger partial charge >= 0.3 is 0 Å². The van der Waals surface area contributed by atoms with Crippen LogP contribution in [0.15, 0.2) is 40.2 Å². The highest BCUT2D eigenvalue weighted by molar-refractivity contribution is 9.10. The largest absolute Gasteiger partial charge is 0.344 e. The van der Waals surface area contributed by atoms with E-state index in [0.29, 0.717) is 4.47 Å². The molecule has 2 aromatic rings. The summed E-state index contributed by atoms with van der Waals surface area (Å²) < 4.78 is 0.534. The minimum Gasteiger partial charge on any atom is -0.344 e. The highest BCUT2D eigenvalue weighted by atomic mass is 79.9. The Labute approximate surface area is 134 Å². The lowest BCUT2D eigenvalue weighted by Gasteiger charge is -2.16. The van der Waals surface area contributed by atoms with Crippen molar-refractivity contribution in [2.24, 2.45) is 0 Å². The van der Waals surface area contributed by atoms with Crippen LogP contribution in [0.25, 0.3) is 0 Å². The van der Waals surface area contributed by atoms with E-state index in [-0.39, 0.29) is 23.2 Å². The number of nitro groups is 1. The Kier molecular flexibility index (Phi) is 5.08. The fourth-order valence-electron chi connectivity index (χ4n) is 1.90. The van der Waals surface area contributed by atoms with Gasteiger partial charge in [0.15, 0.2) is 0 Å². The molecule has 0 saturated carbocycles. The third kappa shape index (κ3) is 3.68. The number of rotatable bonds is 5. The van der Waals surface area contributed by atoms with E-state index in [9.17, 15) is 14.9 Å². The molecule has 0 fully saturated rings. The summed E-state index contributed by atoms with van der Waals surface area (Å²) in [6.07, 6.45) is 0.749. The zero-order valence-corrected chi connectivity index (χ0v) is 13.6. The number of halogens is 1. The Balaban J connectivity index is 2.23. The van der Waals surface area contributed by atoms with Crippen LogP contribution in [-0.4, -0.2) is 10.8 Å². The van der Waals surface area contributed by atoms with Gasteiger partial charge in [0.25, 0.3) is 11.6 Å². The lowest BCUT2D eigenvalue weighted by Crippen LogP contribution is -2.28. The van der Waals surface area contributed by atoms with E-state index in [4.69, 9.17) is 0 Å². The highest BCUT2D eigenvalue weighted by Crippen LogP contribution is 2.25. The van der Waals surface area contributed by atoms with Gasteiger partial charge in [0, 0.05) is 21.5 Å². The van der Waals surface area contributed by atoms with Gasteiger partial charge in [0.2, 0.25) is 0 Å². The first kappa shape index (κ1) is 15.7. The fourth-order valence-corrected chi connectivity index (χ4v) is 3.19. The SMILES string of the molecule is CCC(NC(=O)c1cc([N+](=O)[O-])ccc1Br)c1cccs1. The number of nitrogens with one attached hydrogen (secondary N) is 1. The minimum absolute atomic E-state index is 0.0938. The first-order valence-corrected chi connectivity index (χ1v) is 7.98. The molecule has 0 saturated heterocycles. The minimum atomic E-state index is -0.514. The summed E-state index contributed by atoms with van der Waals surface area (Å²) in [5, 5.41) is 15.7. The van der Waals surface area contributed by atoms with E-state index in [1.807, 2.05) is 24.4 Å². The summed E-state index contributed by atoms with van der Waals surface area (Å²) in [6.45, 7) is 1.98. The van der Waals surface area contributed by atoms with Crippen LogP contribution in [0.5, 0.6) is 0 Å². The second-order valence-electron chi connectivity index (χ2n) is 4.37. The maximum atomic E-state index is 12.3. The molecule has 5 nitrogen and oxygen atoms in total. The number of carbonyl (C=O) groups is 1. The van der Waals surface area contributed by atoms with Crippen molar-refractivity contribution in [1.29, 1.82) is 0 Å². The van der Waals surface area contributed by atoms with E-state index < -0.39 is 4.92 Å². The quantitative estimate of drug-likeness (QED) is 0.631. The van der Waals surface area contributed by atoms with Gasteiger partial charge in [0.05, 0.1) is 16.5 Å². The molecule has 1 amide bonds. The molecule has 0 aliphatic rings. The number of thiophene rings is 1. The lowest BCUT2D eigenvalue weighted by atomic mass is 10.1. The number of nitro benzene ring substituents is 1. The van der Waals surface area contributed by atoms with Gasteiger partial charge in [-0.25, -0.2) is 0 Å². The molecule has 1 aromatic heterocycles. The van der Waals surface area contributed by atoms with Gasteiger partial charge in [-0.3, -0.25) is 14.9 Å². The number of amides is 1. The Morgan fingerprint density at radius 1 is 1.48 bits per heavy atom. The molecule has 1 N–H and O–H groups in total. The molecule has 110 valence electrons. The Morgan fingerprint density at radius 3 is 2.81 bits per heavy atom. The Hall–Kier alpha value is -1.73. The van der Waals surface area contributed by atoms with Crippen LogP contribution in [0, 0.1) is 10.1 Å². The smallest absolute Gasteiger partial charge is 0.270 e. The van der Waals surface area contributed by atoms with Crippen LogP contribution < -0.4 is 5.32 Å². The summed E-state index contributed by atoms with van der Waals surface area (Å²) in [7, 11) is 0. The monoisotopic (exact) mass is 368 g/mol. The van der Waals surface area contributed by atoms with E-state index >= 15 is 0 Å². The second kappa shape index (κ2) is 6.82. The summed E-state index contributed by atoms with van der Waals surface area (Å²) in [5.74, 6) is -0.328. The van der Waals surface area contributed by atoms with Gasteiger partial charge in [-0.1, -0.05) is 13.0 Å². The maximum Gasteiger partial charge on any atom is 0.270 e. The lowest BCUT2D eigenvalue weighted by molar-refractivity contribution is -0.384. The van der Waals surface area contributed by atoms with Crippen LogP contribution in [0.1, 0.15) is 34.6 Å². The molecule has 1 heterocycles. The van der Waals surface area contributed by atoms with Crippen molar-refractivity contribution in [3.05, 3.63) is 60.7 Å². The third-order valence-corrected chi connectivity index (χ3v) is 4.68. The van der Waals surface area contributed by atoms with Crippen LogP contribution in [0.2, 0.25) is 0 Å². The molecule has 0 radical (unpaired) electrons. The zero-order chi connectivity index (χ0) is 15.4. The topological polar surface area (TPSA) is 72.2 Å². The van der Waals surface area contributed by atoms with Crippen molar-refractivity contribution >= 4 is 38.9 Å². The zero-order valence-electron chi connectivity index (χ0n) is 11.2. The molecule has 0 aliphatic carbocycles.